The van der Waals surface area contributed by atoms with Crippen LogP contribution in [0.4, 0.5) is 0 Å². The van der Waals surface area contributed by atoms with Gasteiger partial charge < -0.3 is 4.74 Å². The Labute approximate surface area is 103 Å². The highest BCUT2D eigenvalue weighted by Gasteiger charge is 2.12. The fraction of sp³-hybridized carbons (Fsp3) is 0.182. The van der Waals surface area contributed by atoms with Crippen LogP contribution >= 0.6 is 11.6 Å². The largest absolute Gasteiger partial charge is 0.493 e. The van der Waals surface area contributed by atoms with Crippen molar-refractivity contribution in [3.8, 4) is 17.6 Å². The Kier molecular flexibility index (Phi) is 2.98. The van der Waals surface area contributed by atoms with Crippen LogP contribution in [0.2, 0.25) is 5.15 Å². The molecule has 2 aromatic rings. The van der Waals surface area contributed by atoms with E-state index in [0.29, 0.717) is 22.4 Å². The van der Waals surface area contributed by atoms with Crippen molar-refractivity contribution in [3.63, 3.8) is 0 Å². The van der Waals surface area contributed by atoms with Gasteiger partial charge >= 0.3 is 0 Å². The summed E-state index contributed by atoms with van der Waals surface area (Å²) >= 11 is 5.84. The highest BCUT2D eigenvalue weighted by Crippen LogP contribution is 2.23. The quantitative estimate of drug-likeness (QED) is 0.764. The lowest BCUT2D eigenvalue weighted by molar-refractivity contribution is 0.409. The van der Waals surface area contributed by atoms with Crippen molar-refractivity contribution in [1.82, 2.24) is 14.8 Å². The number of rotatable bonds is 2. The maximum atomic E-state index is 8.80. The lowest BCUT2D eigenvalue weighted by atomic mass is 10.4. The molecule has 2 rings (SSSR count). The monoisotopic (exact) mass is 248 g/mol. The molecule has 0 amide bonds. The number of ether oxygens (including phenoxy) is 1. The summed E-state index contributed by atoms with van der Waals surface area (Å²) in [6.07, 6.45) is 0. The molecule has 0 saturated carbocycles. The van der Waals surface area contributed by atoms with Crippen molar-refractivity contribution >= 4 is 11.6 Å². The van der Waals surface area contributed by atoms with Crippen LogP contribution in [0.15, 0.2) is 18.2 Å². The van der Waals surface area contributed by atoms with Crippen molar-refractivity contribution < 1.29 is 4.74 Å². The van der Waals surface area contributed by atoms with E-state index in [4.69, 9.17) is 21.6 Å². The number of hydrogen-bond donors (Lipinski definition) is 0. The second kappa shape index (κ2) is 4.44. The van der Waals surface area contributed by atoms with Crippen LogP contribution in [0, 0.1) is 18.3 Å². The van der Waals surface area contributed by atoms with Gasteiger partial charge in [-0.3, -0.25) is 0 Å². The van der Waals surface area contributed by atoms with Gasteiger partial charge in [-0.2, -0.15) is 10.4 Å². The van der Waals surface area contributed by atoms with E-state index in [9.17, 15) is 0 Å². The first-order valence-corrected chi connectivity index (χ1v) is 5.21. The first kappa shape index (κ1) is 11.4. The molecule has 0 aliphatic heterocycles. The predicted octanol–water partition coefficient (Wildman–Crippen LogP) is 2.11. The molecule has 17 heavy (non-hydrogen) atoms. The summed E-state index contributed by atoms with van der Waals surface area (Å²) in [5.41, 5.74) is 1.11. The van der Waals surface area contributed by atoms with Gasteiger partial charge in [0.1, 0.15) is 11.2 Å². The summed E-state index contributed by atoms with van der Waals surface area (Å²) in [4.78, 5) is 4.15. The molecule has 0 N–H and O–H groups in total. The summed E-state index contributed by atoms with van der Waals surface area (Å²) in [7, 11) is 1.54. The zero-order valence-electron chi connectivity index (χ0n) is 9.31. The Hall–Kier alpha value is -2.06. The molecule has 0 aliphatic rings. The molecule has 5 nitrogen and oxygen atoms in total. The minimum Gasteiger partial charge on any atom is -0.493 e. The van der Waals surface area contributed by atoms with Gasteiger partial charge in [0, 0.05) is 5.69 Å². The van der Waals surface area contributed by atoms with E-state index in [1.165, 1.54) is 4.68 Å². The molecule has 2 heterocycles. The minimum absolute atomic E-state index is 0.325. The maximum Gasteiger partial charge on any atom is 0.197 e. The van der Waals surface area contributed by atoms with Crippen LogP contribution in [0.3, 0.4) is 0 Å². The SMILES string of the molecule is COc1ccc(Cl)nc1-n1nc(C#N)cc1C. The maximum absolute atomic E-state index is 8.80. The van der Waals surface area contributed by atoms with Crippen LogP contribution in [0.1, 0.15) is 11.4 Å². The van der Waals surface area contributed by atoms with E-state index >= 15 is 0 Å². The molecule has 6 heteroatoms. The number of methoxy groups -OCH3 is 1. The Balaban J connectivity index is 2.63. The van der Waals surface area contributed by atoms with E-state index in [1.807, 2.05) is 13.0 Å². The molecular formula is C11H9ClN4O. The number of pyridine rings is 1. The Morgan fingerprint density at radius 1 is 1.47 bits per heavy atom. The van der Waals surface area contributed by atoms with Crippen LogP contribution in [0.25, 0.3) is 5.82 Å². The second-order valence-corrected chi connectivity index (χ2v) is 3.74. The molecule has 0 saturated heterocycles. The Morgan fingerprint density at radius 2 is 2.24 bits per heavy atom. The lowest BCUT2D eigenvalue weighted by Crippen LogP contribution is -2.04. The molecular weight excluding hydrogens is 240 g/mol. The molecule has 2 aromatic heterocycles. The number of halogens is 1. The van der Waals surface area contributed by atoms with Crippen molar-refractivity contribution in [2.75, 3.05) is 7.11 Å². The van der Waals surface area contributed by atoms with Gasteiger partial charge in [-0.15, -0.1) is 0 Å². The minimum atomic E-state index is 0.325. The van der Waals surface area contributed by atoms with Gasteiger partial charge in [0.05, 0.1) is 7.11 Å². The van der Waals surface area contributed by atoms with Crippen LogP contribution < -0.4 is 4.74 Å². The second-order valence-electron chi connectivity index (χ2n) is 3.35. The molecule has 0 radical (unpaired) electrons. The summed E-state index contributed by atoms with van der Waals surface area (Å²) < 4.78 is 6.72. The van der Waals surface area contributed by atoms with Gasteiger partial charge in [-0.25, -0.2) is 9.67 Å². The molecule has 0 aliphatic carbocycles. The molecule has 0 aromatic carbocycles. The third-order valence-electron chi connectivity index (χ3n) is 2.23. The first-order chi connectivity index (χ1) is 8.15. The normalized spacial score (nSPS) is 10.0. The smallest absolute Gasteiger partial charge is 0.197 e. The van der Waals surface area contributed by atoms with E-state index < -0.39 is 0 Å². The Morgan fingerprint density at radius 3 is 2.82 bits per heavy atom. The topological polar surface area (TPSA) is 63.7 Å². The van der Waals surface area contributed by atoms with Crippen LogP contribution in [0.5, 0.6) is 5.75 Å². The zero-order valence-corrected chi connectivity index (χ0v) is 10.1. The summed E-state index contributed by atoms with van der Waals surface area (Å²) in [6.45, 7) is 1.83. The average Bonchev–Trinajstić information content (AvgIpc) is 2.70. The molecule has 0 spiro atoms. The number of nitrogens with zero attached hydrogens (tertiary/aromatic N) is 4. The first-order valence-electron chi connectivity index (χ1n) is 4.83. The van der Waals surface area contributed by atoms with Crippen molar-refractivity contribution in [2.24, 2.45) is 0 Å². The molecule has 0 fully saturated rings. The van der Waals surface area contributed by atoms with Gasteiger partial charge in [-0.05, 0) is 25.1 Å². The van der Waals surface area contributed by atoms with E-state index in [0.717, 1.165) is 5.69 Å². The van der Waals surface area contributed by atoms with E-state index in [-0.39, 0.29) is 0 Å². The van der Waals surface area contributed by atoms with E-state index in [1.54, 1.807) is 25.3 Å². The van der Waals surface area contributed by atoms with Crippen molar-refractivity contribution in [3.05, 3.63) is 34.7 Å². The summed E-state index contributed by atoms with van der Waals surface area (Å²) in [6, 6.07) is 6.98. The van der Waals surface area contributed by atoms with E-state index in [2.05, 4.69) is 10.1 Å². The zero-order chi connectivity index (χ0) is 12.4. The third-order valence-corrected chi connectivity index (χ3v) is 2.44. The molecule has 0 atom stereocenters. The van der Waals surface area contributed by atoms with Crippen molar-refractivity contribution in [2.45, 2.75) is 6.92 Å². The van der Waals surface area contributed by atoms with Crippen LogP contribution in [-0.4, -0.2) is 21.9 Å². The number of aryl methyl sites for hydroxylation is 1. The Bertz CT molecular complexity index is 600. The number of nitriles is 1. The van der Waals surface area contributed by atoms with Gasteiger partial charge in [0.25, 0.3) is 0 Å². The highest BCUT2D eigenvalue weighted by atomic mass is 35.5. The summed E-state index contributed by atoms with van der Waals surface area (Å²) in [5.74, 6) is 1.02. The van der Waals surface area contributed by atoms with Crippen molar-refractivity contribution in [1.29, 1.82) is 5.26 Å². The number of aromatic nitrogens is 3. The molecule has 0 bridgehead atoms. The number of hydrogen-bond acceptors (Lipinski definition) is 4. The van der Waals surface area contributed by atoms with Gasteiger partial charge in [0.2, 0.25) is 0 Å². The highest BCUT2D eigenvalue weighted by molar-refractivity contribution is 6.29. The van der Waals surface area contributed by atoms with Gasteiger partial charge in [-0.1, -0.05) is 11.6 Å². The average molecular weight is 249 g/mol. The van der Waals surface area contributed by atoms with Crippen LogP contribution in [-0.2, 0) is 0 Å². The summed E-state index contributed by atoms with van der Waals surface area (Å²) in [5, 5.41) is 13.2. The predicted molar refractivity (Wildman–Crippen MR) is 62.4 cm³/mol. The fourth-order valence-corrected chi connectivity index (χ4v) is 1.61. The van der Waals surface area contributed by atoms with Gasteiger partial charge in [0.15, 0.2) is 17.3 Å². The fourth-order valence-electron chi connectivity index (χ4n) is 1.47. The third kappa shape index (κ3) is 2.08. The molecule has 86 valence electrons. The molecule has 0 unspecified atom stereocenters. The lowest BCUT2D eigenvalue weighted by Gasteiger charge is -2.08. The standard InChI is InChI=1S/C11H9ClN4O/c1-7-5-8(6-13)15-16(7)11-9(17-2)3-4-10(12)14-11/h3-5H,1-2H3.